The van der Waals surface area contributed by atoms with Crippen LogP contribution < -0.4 is 10.6 Å². The summed E-state index contributed by atoms with van der Waals surface area (Å²) in [4.78, 5) is 0. The molecule has 2 fully saturated rings. The van der Waals surface area contributed by atoms with Gasteiger partial charge in [0, 0.05) is 5.66 Å². The molecule has 0 nitrogen and oxygen atoms in total. The van der Waals surface area contributed by atoms with Crippen molar-refractivity contribution in [2.24, 2.45) is 0 Å². The molecule has 0 unspecified atom stereocenters. The molecule has 0 spiro atoms. The van der Waals surface area contributed by atoms with E-state index < -0.39 is 7.92 Å². The van der Waals surface area contributed by atoms with Crippen LogP contribution in [0.3, 0.4) is 0 Å². The molecule has 2 aromatic rings. The van der Waals surface area contributed by atoms with Gasteiger partial charge in [0.05, 0.1) is 0 Å². The van der Waals surface area contributed by atoms with Gasteiger partial charge in [-0.15, -0.1) is 0 Å². The molecule has 0 aliphatic heterocycles. The van der Waals surface area contributed by atoms with Crippen molar-refractivity contribution in [3.05, 3.63) is 84.2 Å². The zero-order chi connectivity index (χ0) is 20.9. The largest absolute Gasteiger partial charge is 0.0723 e. The van der Waals surface area contributed by atoms with Crippen molar-refractivity contribution >= 4 is 26.5 Å². The summed E-state index contributed by atoms with van der Waals surface area (Å²) in [5.41, 5.74) is 2.54. The standard InChI is InChI=1S/C29H36P2/c1-5-14-24(15-6-1)30(25-16-7-2-8-17-25)28-22-13-23-29(28)31(26-18-9-3-10-19-26)27-20-11-4-12-21-27/h1-2,5-8,13-17,22-23,26-28H,3-4,9-12,18-21H2/t28-/m1/s1. The van der Waals surface area contributed by atoms with Gasteiger partial charge in [0.1, 0.15) is 0 Å². The van der Waals surface area contributed by atoms with E-state index in [2.05, 4.69) is 78.9 Å². The summed E-state index contributed by atoms with van der Waals surface area (Å²) in [5.74, 6) is 0. The van der Waals surface area contributed by atoms with Gasteiger partial charge in [-0.2, -0.15) is 0 Å². The third kappa shape index (κ3) is 4.92. The van der Waals surface area contributed by atoms with Crippen molar-refractivity contribution in [2.75, 3.05) is 0 Å². The average Bonchev–Trinajstić information content (AvgIpc) is 3.31. The number of allylic oxidation sites excluding steroid dienone is 4. The summed E-state index contributed by atoms with van der Waals surface area (Å²) in [6, 6.07) is 22.8. The van der Waals surface area contributed by atoms with Crippen molar-refractivity contribution in [1.29, 1.82) is 0 Å². The summed E-state index contributed by atoms with van der Waals surface area (Å²) < 4.78 is 0. The molecule has 0 amide bonds. The Kier molecular flexibility index (Phi) is 7.39. The van der Waals surface area contributed by atoms with Crippen molar-refractivity contribution in [2.45, 2.75) is 81.2 Å². The predicted octanol–water partition coefficient (Wildman–Crippen LogP) is 8.09. The van der Waals surface area contributed by atoms with E-state index in [1.165, 1.54) is 74.8 Å². The Hall–Kier alpha value is -1.22. The molecule has 5 rings (SSSR count). The highest BCUT2D eigenvalue weighted by atomic mass is 31.1. The molecule has 3 aliphatic carbocycles. The molecule has 31 heavy (non-hydrogen) atoms. The predicted molar refractivity (Wildman–Crippen MR) is 141 cm³/mol. The smallest absolute Gasteiger partial charge is 0.0309 e. The lowest BCUT2D eigenvalue weighted by atomic mass is 9.99. The second-order valence-corrected chi connectivity index (χ2v) is 14.6. The first-order chi connectivity index (χ1) is 15.4. The second kappa shape index (κ2) is 10.6. The molecule has 0 radical (unpaired) electrons. The van der Waals surface area contributed by atoms with Crippen LogP contribution in [0, 0.1) is 0 Å². The fourth-order valence-electron chi connectivity index (χ4n) is 6.00. The highest BCUT2D eigenvalue weighted by Crippen LogP contribution is 2.66. The fraction of sp³-hybridized carbons (Fsp3) is 0.448. The lowest BCUT2D eigenvalue weighted by Gasteiger charge is -2.42. The Labute approximate surface area is 191 Å². The van der Waals surface area contributed by atoms with Crippen LogP contribution in [0.4, 0.5) is 0 Å². The molecule has 0 bridgehead atoms. The topological polar surface area (TPSA) is 0 Å². The van der Waals surface area contributed by atoms with Crippen LogP contribution in [0.2, 0.25) is 0 Å². The maximum Gasteiger partial charge on any atom is 0.0309 e. The van der Waals surface area contributed by atoms with Crippen molar-refractivity contribution in [3.63, 3.8) is 0 Å². The van der Waals surface area contributed by atoms with Crippen molar-refractivity contribution < 1.29 is 0 Å². The van der Waals surface area contributed by atoms with Gasteiger partial charge in [0.25, 0.3) is 0 Å². The Balaban J connectivity index is 1.52. The zero-order valence-corrected chi connectivity index (χ0v) is 20.5. The molecular weight excluding hydrogens is 410 g/mol. The van der Waals surface area contributed by atoms with Crippen molar-refractivity contribution in [3.8, 4) is 0 Å². The first-order valence-electron chi connectivity index (χ1n) is 12.5. The normalized spacial score (nSPS) is 22.9. The molecule has 2 heteroatoms. The fourth-order valence-corrected chi connectivity index (χ4v) is 13.2. The first kappa shape index (κ1) is 21.6. The van der Waals surface area contributed by atoms with E-state index in [9.17, 15) is 0 Å². The molecule has 1 atom stereocenters. The van der Waals surface area contributed by atoms with Crippen molar-refractivity contribution in [1.82, 2.24) is 0 Å². The Morgan fingerprint density at radius 1 is 0.581 bits per heavy atom. The number of rotatable bonds is 6. The second-order valence-electron chi connectivity index (χ2n) is 9.45. The van der Waals surface area contributed by atoms with Gasteiger partial charge in [-0.1, -0.05) is 125 Å². The summed E-state index contributed by atoms with van der Waals surface area (Å²) >= 11 is 0. The zero-order valence-electron chi connectivity index (χ0n) is 18.7. The third-order valence-corrected chi connectivity index (χ3v) is 14.0. The lowest BCUT2D eigenvalue weighted by molar-refractivity contribution is 0.486. The van der Waals surface area contributed by atoms with Gasteiger partial charge >= 0.3 is 0 Å². The van der Waals surface area contributed by atoms with Gasteiger partial charge < -0.3 is 0 Å². The third-order valence-electron chi connectivity index (χ3n) is 7.44. The molecule has 0 saturated heterocycles. The average molecular weight is 447 g/mol. The van der Waals surface area contributed by atoms with E-state index in [-0.39, 0.29) is 7.92 Å². The quantitative estimate of drug-likeness (QED) is 0.393. The maximum absolute atomic E-state index is 2.58. The van der Waals surface area contributed by atoms with E-state index in [4.69, 9.17) is 0 Å². The Morgan fingerprint density at radius 2 is 1.06 bits per heavy atom. The van der Waals surface area contributed by atoms with Gasteiger partial charge in [0.15, 0.2) is 0 Å². The molecule has 0 aromatic heterocycles. The van der Waals surface area contributed by atoms with Crippen LogP contribution in [-0.4, -0.2) is 17.0 Å². The number of hydrogen-bond donors (Lipinski definition) is 0. The van der Waals surface area contributed by atoms with Gasteiger partial charge in [-0.3, -0.25) is 0 Å². The summed E-state index contributed by atoms with van der Waals surface area (Å²) in [6.07, 6.45) is 22.3. The van der Waals surface area contributed by atoms with Gasteiger partial charge in [-0.05, 0) is 60.8 Å². The van der Waals surface area contributed by atoms with Crippen LogP contribution in [0.5, 0.6) is 0 Å². The van der Waals surface area contributed by atoms with Crippen LogP contribution in [-0.2, 0) is 0 Å². The molecule has 2 aromatic carbocycles. The minimum atomic E-state index is -0.405. The SMILES string of the molecule is C1=C[C@@H](P(c2ccccc2)c2ccccc2)C(P(C2CCCCC2)C2CCCCC2)=C1. The monoisotopic (exact) mass is 446 g/mol. The van der Waals surface area contributed by atoms with E-state index in [1.807, 2.05) is 5.31 Å². The summed E-state index contributed by atoms with van der Waals surface area (Å²) in [5, 5.41) is 4.93. The highest BCUT2D eigenvalue weighted by molar-refractivity contribution is 7.75. The Morgan fingerprint density at radius 3 is 1.55 bits per heavy atom. The van der Waals surface area contributed by atoms with E-state index in [0.717, 1.165) is 11.3 Å². The van der Waals surface area contributed by atoms with E-state index in [0.29, 0.717) is 5.66 Å². The maximum atomic E-state index is 2.58. The molecule has 0 N–H and O–H groups in total. The minimum absolute atomic E-state index is 0.0358. The van der Waals surface area contributed by atoms with Crippen LogP contribution >= 0.6 is 15.8 Å². The molecular formula is C29H36P2. The van der Waals surface area contributed by atoms with E-state index >= 15 is 0 Å². The molecule has 0 heterocycles. The molecule has 3 aliphatic rings. The molecule has 2 saturated carbocycles. The highest BCUT2D eigenvalue weighted by Gasteiger charge is 2.39. The van der Waals surface area contributed by atoms with E-state index in [1.54, 1.807) is 0 Å². The number of benzene rings is 2. The molecule has 162 valence electrons. The Bertz CT molecular complexity index is 816. The summed E-state index contributed by atoms with van der Waals surface area (Å²) in [6.45, 7) is 0. The number of hydrogen-bond acceptors (Lipinski definition) is 0. The van der Waals surface area contributed by atoms with Gasteiger partial charge in [0.2, 0.25) is 0 Å². The van der Waals surface area contributed by atoms with Crippen LogP contribution in [0.25, 0.3) is 0 Å². The van der Waals surface area contributed by atoms with Gasteiger partial charge in [-0.25, -0.2) is 0 Å². The van der Waals surface area contributed by atoms with Crippen LogP contribution in [0.1, 0.15) is 64.2 Å². The van der Waals surface area contributed by atoms with Crippen LogP contribution in [0.15, 0.2) is 84.2 Å². The summed E-state index contributed by atoms with van der Waals surface area (Å²) in [7, 11) is -0.441. The lowest BCUT2D eigenvalue weighted by Crippen LogP contribution is -2.26. The minimum Gasteiger partial charge on any atom is -0.0723 e. The first-order valence-corrected chi connectivity index (χ1v) is 15.4.